The number of carbonyl (C=O) groups excluding carboxylic acids is 1. The summed E-state index contributed by atoms with van der Waals surface area (Å²) >= 11 is 1.45. The molecule has 0 saturated heterocycles. The Morgan fingerprint density at radius 1 is 1.61 bits per heavy atom. The molecule has 0 aliphatic heterocycles. The van der Waals surface area contributed by atoms with Gasteiger partial charge in [0, 0.05) is 30.2 Å². The minimum atomic E-state index is -0.328. The first-order valence-corrected chi connectivity index (χ1v) is 6.46. The fraction of sp³-hybridized carbons (Fsp3) is 0.308. The van der Waals surface area contributed by atoms with E-state index in [1.54, 1.807) is 23.6 Å². The van der Waals surface area contributed by atoms with Crippen LogP contribution in [0.15, 0.2) is 30.3 Å². The Morgan fingerprint density at radius 2 is 2.33 bits per heavy atom. The molecule has 4 nitrogen and oxygen atoms in total. The average Bonchev–Trinajstić information content (AvgIpc) is 2.66. The lowest BCUT2D eigenvalue weighted by molar-refractivity contribution is 0.0515. The van der Waals surface area contributed by atoms with Crippen LogP contribution in [-0.4, -0.2) is 23.7 Å². The Kier molecular flexibility index (Phi) is 5.74. The van der Waals surface area contributed by atoms with Gasteiger partial charge in [0.05, 0.1) is 6.61 Å². The largest absolute Gasteiger partial charge is 0.461 e. The summed E-state index contributed by atoms with van der Waals surface area (Å²) in [5.41, 5.74) is 1.31. The van der Waals surface area contributed by atoms with Crippen molar-refractivity contribution < 1.29 is 9.53 Å². The van der Waals surface area contributed by atoms with Crippen molar-refractivity contribution in [3.05, 3.63) is 36.7 Å². The van der Waals surface area contributed by atoms with E-state index in [1.807, 2.05) is 13.2 Å². The van der Waals surface area contributed by atoms with Gasteiger partial charge < -0.3 is 9.30 Å². The first kappa shape index (κ1) is 14.6. The molecule has 1 heterocycles. The van der Waals surface area contributed by atoms with Gasteiger partial charge in [-0.2, -0.15) is 0 Å². The van der Waals surface area contributed by atoms with Crippen molar-refractivity contribution in [2.45, 2.75) is 11.8 Å². The maximum Gasteiger partial charge on any atom is 0.355 e. The molecule has 98 valence electrons. The molecule has 0 aromatic carbocycles. The van der Waals surface area contributed by atoms with E-state index in [9.17, 15) is 4.79 Å². The van der Waals surface area contributed by atoms with Crippen molar-refractivity contribution in [3.63, 3.8) is 0 Å². The summed E-state index contributed by atoms with van der Waals surface area (Å²) in [5, 5.41) is 0. The maximum absolute atomic E-state index is 11.9. The molecule has 1 N–H and O–H groups in total. The molecular weight excluding hydrogens is 248 g/mol. The summed E-state index contributed by atoms with van der Waals surface area (Å²) < 4.78 is 9.92. The quantitative estimate of drug-likeness (QED) is 0.356. The molecule has 1 rings (SSSR count). The average molecular weight is 266 g/mol. The third-order valence-electron chi connectivity index (χ3n) is 2.27. The van der Waals surface area contributed by atoms with Gasteiger partial charge in [0.15, 0.2) is 0 Å². The van der Waals surface area contributed by atoms with Crippen LogP contribution >= 0.6 is 11.9 Å². The van der Waals surface area contributed by atoms with E-state index >= 15 is 0 Å². The summed E-state index contributed by atoms with van der Waals surface area (Å²) in [7, 11) is 1.82. The summed E-state index contributed by atoms with van der Waals surface area (Å²) in [6, 6.07) is 0. The molecule has 0 spiro atoms. The highest BCUT2D eigenvalue weighted by Crippen LogP contribution is 2.26. The number of aryl methyl sites for hydroxylation is 1. The van der Waals surface area contributed by atoms with Gasteiger partial charge in [0.1, 0.15) is 5.69 Å². The second kappa shape index (κ2) is 7.08. The molecule has 1 aromatic rings. The van der Waals surface area contributed by atoms with Crippen molar-refractivity contribution in [1.29, 1.82) is 0 Å². The topological polar surface area (TPSA) is 43.3 Å². The van der Waals surface area contributed by atoms with Gasteiger partial charge >= 0.3 is 5.97 Å². The number of ether oxygens (including phenoxy) is 1. The second-order valence-corrected chi connectivity index (χ2v) is 4.46. The molecule has 0 amide bonds. The summed E-state index contributed by atoms with van der Waals surface area (Å²) in [4.78, 5) is 12.8. The number of hydrogen-bond donors (Lipinski definition) is 1. The van der Waals surface area contributed by atoms with Gasteiger partial charge in [-0.25, -0.2) is 4.79 Å². The van der Waals surface area contributed by atoms with Crippen molar-refractivity contribution in [2.75, 3.05) is 13.2 Å². The highest BCUT2D eigenvalue weighted by Gasteiger charge is 2.19. The zero-order valence-electron chi connectivity index (χ0n) is 10.7. The Labute approximate surface area is 112 Å². The Bertz CT molecular complexity index is 452. The molecule has 0 aliphatic carbocycles. The minimum Gasteiger partial charge on any atom is -0.461 e. The zero-order chi connectivity index (χ0) is 13.5. The highest BCUT2D eigenvalue weighted by atomic mass is 32.2. The van der Waals surface area contributed by atoms with Gasteiger partial charge in [0.2, 0.25) is 0 Å². The van der Waals surface area contributed by atoms with Crippen LogP contribution in [-0.2, 0) is 11.8 Å². The summed E-state index contributed by atoms with van der Waals surface area (Å²) in [6.45, 7) is 10.2. The third kappa shape index (κ3) is 3.27. The molecule has 1 aromatic heterocycles. The van der Waals surface area contributed by atoms with Crippen LogP contribution < -0.4 is 4.72 Å². The molecule has 18 heavy (non-hydrogen) atoms. The predicted octanol–water partition coefficient (Wildman–Crippen LogP) is 2.63. The van der Waals surface area contributed by atoms with E-state index in [0.717, 1.165) is 10.5 Å². The Balaban J connectivity index is 3.00. The van der Waals surface area contributed by atoms with E-state index in [4.69, 9.17) is 4.74 Å². The van der Waals surface area contributed by atoms with Crippen LogP contribution in [0.4, 0.5) is 0 Å². The molecule has 0 radical (unpaired) electrons. The fourth-order valence-corrected chi connectivity index (χ4v) is 2.38. The number of nitrogens with zero attached hydrogens (tertiary/aromatic N) is 1. The van der Waals surface area contributed by atoms with E-state index in [0.29, 0.717) is 18.8 Å². The molecule has 0 unspecified atom stereocenters. The van der Waals surface area contributed by atoms with Crippen molar-refractivity contribution in [1.82, 2.24) is 9.29 Å². The lowest BCUT2D eigenvalue weighted by atomic mass is 10.2. The van der Waals surface area contributed by atoms with E-state index < -0.39 is 0 Å². The van der Waals surface area contributed by atoms with Gasteiger partial charge in [-0.05, 0) is 18.9 Å². The van der Waals surface area contributed by atoms with Crippen LogP contribution in [0, 0.1) is 0 Å². The Hall–Kier alpha value is -1.46. The predicted molar refractivity (Wildman–Crippen MR) is 75.5 cm³/mol. The number of esters is 1. The first-order chi connectivity index (χ1) is 8.65. The monoisotopic (exact) mass is 266 g/mol. The molecule has 0 atom stereocenters. The van der Waals surface area contributed by atoms with Crippen LogP contribution in [0.5, 0.6) is 0 Å². The SMILES string of the molecule is C=CCNSc1cn(C)c(C(=O)OCC)c1C=C. The first-order valence-electron chi connectivity index (χ1n) is 5.65. The molecule has 5 heteroatoms. The second-order valence-electron chi connectivity index (χ2n) is 3.53. The summed E-state index contributed by atoms with van der Waals surface area (Å²) in [6.07, 6.45) is 5.32. The van der Waals surface area contributed by atoms with E-state index in [1.165, 1.54) is 11.9 Å². The van der Waals surface area contributed by atoms with Gasteiger partial charge in [-0.1, -0.05) is 18.7 Å². The lowest BCUT2D eigenvalue weighted by Crippen LogP contribution is -2.10. The van der Waals surface area contributed by atoms with Crippen molar-refractivity contribution >= 4 is 24.0 Å². The zero-order valence-corrected chi connectivity index (χ0v) is 11.5. The highest BCUT2D eigenvalue weighted by molar-refractivity contribution is 7.97. The van der Waals surface area contributed by atoms with Crippen molar-refractivity contribution in [2.24, 2.45) is 7.05 Å². The van der Waals surface area contributed by atoms with Crippen LogP contribution in [0.3, 0.4) is 0 Å². The number of rotatable bonds is 7. The molecule has 0 aliphatic rings. The number of carbonyl (C=O) groups is 1. The van der Waals surface area contributed by atoms with E-state index in [2.05, 4.69) is 17.9 Å². The fourth-order valence-electron chi connectivity index (χ4n) is 1.53. The summed E-state index contributed by atoms with van der Waals surface area (Å²) in [5.74, 6) is -0.328. The van der Waals surface area contributed by atoms with Crippen molar-refractivity contribution in [3.8, 4) is 0 Å². The number of aromatic nitrogens is 1. The van der Waals surface area contributed by atoms with Gasteiger partial charge in [-0.15, -0.1) is 6.58 Å². The Morgan fingerprint density at radius 3 is 2.89 bits per heavy atom. The van der Waals surface area contributed by atoms with E-state index in [-0.39, 0.29) is 5.97 Å². The maximum atomic E-state index is 11.9. The molecule has 0 bridgehead atoms. The minimum absolute atomic E-state index is 0.328. The number of nitrogens with one attached hydrogen (secondary N) is 1. The standard InChI is InChI=1S/C13H18N2O2S/c1-5-8-14-18-11-9-15(4)12(10(11)6-2)13(16)17-7-3/h5-6,9,14H,1-2,7-8H2,3-4H3. The normalized spacial score (nSPS) is 10.1. The van der Waals surface area contributed by atoms with Gasteiger partial charge in [0.25, 0.3) is 0 Å². The van der Waals surface area contributed by atoms with Gasteiger partial charge in [-0.3, -0.25) is 4.72 Å². The molecule has 0 fully saturated rings. The smallest absolute Gasteiger partial charge is 0.355 e. The van der Waals surface area contributed by atoms with Crippen LogP contribution in [0.25, 0.3) is 6.08 Å². The molecular formula is C13H18N2O2S. The van der Waals surface area contributed by atoms with Crippen LogP contribution in [0.2, 0.25) is 0 Å². The molecule has 0 saturated carbocycles. The number of hydrogen-bond acceptors (Lipinski definition) is 4. The third-order valence-corrected chi connectivity index (χ3v) is 3.12. The van der Waals surface area contributed by atoms with Crippen LogP contribution in [0.1, 0.15) is 23.0 Å². The lowest BCUT2D eigenvalue weighted by Gasteiger charge is -2.04.